The molecule has 0 aliphatic rings. The lowest BCUT2D eigenvalue weighted by Gasteiger charge is -2.16. The summed E-state index contributed by atoms with van der Waals surface area (Å²) in [5, 5.41) is 9.56. The van der Waals surface area contributed by atoms with Crippen LogP contribution in [-0.2, 0) is 14.3 Å². The fraction of sp³-hybridized carbons (Fsp3) is 0.829. The standard InChI is InChI=1S/C41H76O4/c1-3-5-7-9-11-13-15-17-18-19-20-21-22-23-25-27-29-31-33-35-37-44-39-40(38-42)45-41(43)36-34-32-30-28-26-24-16-14-12-10-8-6-4-2/h11,13,17-18,20-21,40,42H,3-10,12,14-16,19,22-39H2,1-2H3/b13-11-,18-17-,21-20-. The summed E-state index contributed by atoms with van der Waals surface area (Å²) in [6.07, 6.45) is 47.6. The molecule has 0 aromatic heterocycles. The van der Waals surface area contributed by atoms with Crippen LogP contribution in [-0.4, -0.2) is 37.0 Å². The molecule has 0 aliphatic carbocycles. The van der Waals surface area contributed by atoms with Gasteiger partial charge >= 0.3 is 5.97 Å². The number of aliphatic hydroxyl groups excluding tert-OH is 1. The minimum absolute atomic E-state index is 0.174. The maximum Gasteiger partial charge on any atom is 0.306 e. The number of hydrogen-bond acceptors (Lipinski definition) is 4. The predicted octanol–water partition coefficient (Wildman–Crippen LogP) is 12.5. The van der Waals surface area contributed by atoms with Crippen molar-refractivity contribution in [1.29, 1.82) is 0 Å². The number of carbonyl (C=O) groups is 1. The highest BCUT2D eigenvalue weighted by Gasteiger charge is 2.13. The van der Waals surface area contributed by atoms with E-state index in [0.717, 1.165) is 32.1 Å². The van der Waals surface area contributed by atoms with Crippen molar-refractivity contribution < 1.29 is 19.4 Å². The molecule has 264 valence electrons. The minimum atomic E-state index is -0.535. The summed E-state index contributed by atoms with van der Waals surface area (Å²) < 4.78 is 11.1. The molecule has 0 bridgehead atoms. The first-order valence-electron chi connectivity index (χ1n) is 19.6. The number of unbranched alkanes of at least 4 members (excludes halogenated alkanes) is 22. The zero-order chi connectivity index (χ0) is 32.7. The van der Waals surface area contributed by atoms with Crippen LogP contribution in [0.4, 0.5) is 0 Å². The van der Waals surface area contributed by atoms with Crippen molar-refractivity contribution in [2.45, 2.75) is 200 Å². The summed E-state index contributed by atoms with van der Waals surface area (Å²) in [4.78, 5) is 12.1. The Bertz CT molecular complexity index is 668. The first-order chi connectivity index (χ1) is 22.2. The van der Waals surface area contributed by atoms with E-state index < -0.39 is 6.10 Å². The Labute approximate surface area is 280 Å². The van der Waals surface area contributed by atoms with Crippen LogP contribution in [0.1, 0.15) is 194 Å². The van der Waals surface area contributed by atoms with Crippen molar-refractivity contribution in [2.75, 3.05) is 19.8 Å². The molecule has 0 amide bonds. The molecule has 4 nitrogen and oxygen atoms in total. The lowest BCUT2D eigenvalue weighted by atomic mass is 10.0. The highest BCUT2D eigenvalue weighted by Crippen LogP contribution is 2.14. The Morgan fingerprint density at radius 3 is 1.44 bits per heavy atom. The fourth-order valence-corrected chi connectivity index (χ4v) is 5.51. The number of carbonyl (C=O) groups excluding carboxylic acids is 1. The van der Waals surface area contributed by atoms with Gasteiger partial charge in [-0.05, 0) is 51.4 Å². The zero-order valence-corrected chi connectivity index (χ0v) is 30.1. The third kappa shape index (κ3) is 36.9. The lowest BCUT2D eigenvalue weighted by molar-refractivity contribution is -0.154. The number of rotatable bonds is 36. The zero-order valence-electron chi connectivity index (χ0n) is 30.1. The molecule has 0 aliphatic heterocycles. The van der Waals surface area contributed by atoms with Gasteiger partial charge in [0.1, 0.15) is 6.10 Å². The summed E-state index contributed by atoms with van der Waals surface area (Å²) >= 11 is 0. The summed E-state index contributed by atoms with van der Waals surface area (Å²) in [6.45, 7) is 5.31. The SMILES string of the molecule is CCCCC/C=C\C/C=C\C/C=C\CCCCCCCCCOCC(CO)OC(=O)CCCCCCCCCCCCCCC. The van der Waals surface area contributed by atoms with E-state index in [2.05, 4.69) is 50.3 Å². The summed E-state index contributed by atoms with van der Waals surface area (Å²) in [5.41, 5.74) is 0. The molecule has 0 saturated heterocycles. The van der Waals surface area contributed by atoms with E-state index in [0.29, 0.717) is 19.6 Å². The Hall–Kier alpha value is -1.39. The van der Waals surface area contributed by atoms with Gasteiger partial charge in [-0.3, -0.25) is 4.79 Å². The topological polar surface area (TPSA) is 55.8 Å². The number of aliphatic hydroxyl groups is 1. The van der Waals surface area contributed by atoms with E-state index in [9.17, 15) is 9.90 Å². The van der Waals surface area contributed by atoms with Crippen LogP contribution in [0.3, 0.4) is 0 Å². The Morgan fingerprint density at radius 1 is 0.533 bits per heavy atom. The van der Waals surface area contributed by atoms with E-state index in [-0.39, 0.29) is 12.6 Å². The molecule has 45 heavy (non-hydrogen) atoms. The Morgan fingerprint density at radius 2 is 0.933 bits per heavy atom. The lowest BCUT2D eigenvalue weighted by Crippen LogP contribution is -2.27. The number of allylic oxidation sites excluding steroid dienone is 6. The van der Waals surface area contributed by atoms with Gasteiger partial charge in [0.05, 0.1) is 13.2 Å². The van der Waals surface area contributed by atoms with Crippen molar-refractivity contribution >= 4 is 5.97 Å². The quantitative estimate of drug-likeness (QED) is 0.0424. The summed E-state index contributed by atoms with van der Waals surface area (Å²) in [7, 11) is 0. The van der Waals surface area contributed by atoms with Gasteiger partial charge in [0.25, 0.3) is 0 Å². The molecule has 0 heterocycles. The molecular weight excluding hydrogens is 556 g/mol. The largest absolute Gasteiger partial charge is 0.457 e. The van der Waals surface area contributed by atoms with Crippen molar-refractivity contribution in [3.63, 3.8) is 0 Å². The monoisotopic (exact) mass is 633 g/mol. The molecule has 1 N–H and O–H groups in total. The van der Waals surface area contributed by atoms with Crippen LogP contribution in [0.5, 0.6) is 0 Å². The second-order valence-electron chi connectivity index (χ2n) is 13.0. The van der Waals surface area contributed by atoms with E-state index in [1.165, 1.54) is 141 Å². The average Bonchev–Trinajstić information content (AvgIpc) is 3.05. The summed E-state index contributed by atoms with van der Waals surface area (Å²) in [6, 6.07) is 0. The Balaban J connectivity index is 3.45. The molecule has 0 spiro atoms. The van der Waals surface area contributed by atoms with Crippen molar-refractivity contribution in [1.82, 2.24) is 0 Å². The first kappa shape index (κ1) is 43.6. The molecule has 4 heteroatoms. The van der Waals surface area contributed by atoms with Crippen LogP contribution in [0.15, 0.2) is 36.5 Å². The predicted molar refractivity (Wildman–Crippen MR) is 196 cm³/mol. The first-order valence-corrected chi connectivity index (χ1v) is 19.6. The van der Waals surface area contributed by atoms with Gasteiger partial charge < -0.3 is 14.6 Å². The van der Waals surface area contributed by atoms with Gasteiger partial charge in [0.2, 0.25) is 0 Å². The average molecular weight is 633 g/mol. The fourth-order valence-electron chi connectivity index (χ4n) is 5.51. The van der Waals surface area contributed by atoms with Gasteiger partial charge in [-0.25, -0.2) is 0 Å². The molecule has 0 aromatic rings. The smallest absolute Gasteiger partial charge is 0.306 e. The van der Waals surface area contributed by atoms with Gasteiger partial charge in [-0.1, -0.05) is 172 Å². The highest BCUT2D eigenvalue weighted by molar-refractivity contribution is 5.69. The van der Waals surface area contributed by atoms with Crippen LogP contribution in [0.2, 0.25) is 0 Å². The van der Waals surface area contributed by atoms with Crippen LogP contribution in [0.25, 0.3) is 0 Å². The van der Waals surface area contributed by atoms with E-state index in [4.69, 9.17) is 9.47 Å². The summed E-state index contributed by atoms with van der Waals surface area (Å²) in [5.74, 6) is -0.204. The highest BCUT2D eigenvalue weighted by atomic mass is 16.6. The third-order valence-electron chi connectivity index (χ3n) is 8.47. The molecule has 0 fully saturated rings. The molecule has 0 radical (unpaired) electrons. The second kappa shape index (κ2) is 38.8. The van der Waals surface area contributed by atoms with Crippen molar-refractivity contribution in [2.24, 2.45) is 0 Å². The third-order valence-corrected chi connectivity index (χ3v) is 8.47. The van der Waals surface area contributed by atoms with E-state index in [1.54, 1.807) is 0 Å². The van der Waals surface area contributed by atoms with Gasteiger partial charge in [0.15, 0.2) is 0 Å². The molecule has 0 saturated carbocycles. The molecule has 0 rings (SSSR count). The molecule has 1 atom stereocenters. The van der Waals surface area contributed by atoms with Gasteiger partial charge in [0, 0.05) is 13.0 Å². The van der Waals surface area contributed by atoms with Crippen LogP contribution < -0.4 is 0 Å². The van der Waals surface area contributed by atoms with E-state index >= 15 is 0 Å². The van der Waals surface area contributed by atoms with Crippen molar-refractivity contribution in [3.8, 4) is 0 Å². The van der Waals surface area contributed by atoms with Gasteiger partial charge in [-0.15, -0.1) is 0 Å². The maximum absolute atomic E-state index is 12.1. The second-order valence-corrected chi connectivity index (χ2v) is 13.0. The number of esters is 1. The number of hydrogen-bond donors (Lipinski definition) is 1. The normalized spacial score (nSPS) is 12.7. The maximum atomic E-state index is 12.1. The Kier molecular flexibility index (Phi) is 37.6. The van der Waals surface area contributed by atoms with Crippen LogP contribution in [0, 0.1) is 0 Å². The van der Waals surface area contributed by atoms with Crippen molar-refractivity contribution in [3.05, 3.63) is 36.5 Å². The minimum Gasteiger partial charge on any atom is -0.457 e. The molecular formula is C41H76O4. The molecule has 1 unspecified atom stereocenters. The van der Waals surface area contributed by atoms with Gasteiger partial charge in [-0.2, -0.15) is 0 Å². The number of ether oxygens (including phenoxy) is 2. The molecule has 0 aromatic carbocycles. The van der Waals surface area contributed by atoms with Crippen LogP contribution >= 0.6 is 0 Å². The van der Waals surface area contributed by atoms with E-state index in [1.807, 2.05) is 0 Å².